The Labute approximate surface area is 163 Å². The SMILES string of the molecule is Cc1ncnc(Nc2ccc(OCc3cccc(F)c3)c(Cl)c2)c1I. The van der Waals surface area contributed by atoms with Gasteiger partial charge in [0.15, 0.2) is 0 Å². The number of benzene rings is 2. The van der Waals surface area contributed by atoms with Gasteiger partial charge in [-0.25, -0.2) is 14.4 Å². The zero-order valence-corrected chi connectivity index (χ0v) is 16.2. The number of nitrogens with one attached hydrogen (secondary N) is 1. The van der Waals surface area contributed by atoms with Crippen LogP contribution in [0.5, 0.6) is 5.75 Å². The topological polar surface area (TPSA) is 47.0 Å². The van der Waals surface area contributed by atoms with Crippen molar-refractivity contribution in [2.24, 2.45) is 0 Å². The zero-order chi connectivity index (χ0) is 17.8. The summed E-state index contributed by atoms with van der Waals surface area (Å²) in [5.41, 5.74) is 2.43. The maximum Gasteiger partial charge on any atom is 0.147 e. The second-order valence-corrected chi connectivity index (χ2v) is 6.80. The molecule has 0 radical (unpaired) electrons. The summed E-state index contributed by atoms with van der Waals surface area (Å²) in [7, 11) is 0. The number of hydrogen-bond acceptors (Lipinski definition) is 4. The third-order valence-corrected chi connectivity index (χ3v) is 5.03. The second kappa shape index (κ2) is 7.97. The molecule has 1 N–H and O–H groups in total. The molecule has 128 valence electrons. The van der Waals surface area contributed by atoms with E-state index in [1.807, 2.05) is 13.0 Å². The van der Waals surface area contributed by atoms with Crippen molar-refractivity contribution in [2.45, 2.75) is 13.5 Å². The number of halogens is 3. The van der Waals surface area contributed by atoms with Gasteiger partial charge in [-0.05, 0) is 65.4 Å². The summed E-state index contributed by atoms with van der Waals surface area (Å²) in [6.07, 6.45) is 1.51. The second-order valence-electron chi connectivity index (χ2n) is 5.31. The summed E-state index contributed by atoms with van der Waals surface area (Å²) in [5.74, 6) is 0.962. The van der Waals surface area contributed by atoms with Crippen molar-refractivity contribution in [1.29, 1.82) is 0 Å². The van der Waals surface area contributed by atoms with Crippen LogP contribution >= 0.6 is 34.2 Å². The number of hydrogen-bond donors (Lipinski definition) is 1. The Bertz CT molecular complexity index is 907. The number of aryl methyl sites for hydroxylation is 1. The van der Waals surface area contributed by atoms with E-state index in [4.69, 9.17) is 16.3 Å². The molecule has 0 bridgehead atoms. The first-order valence-corrected chi connectivity index (χ1v) is 8.89. The van der Waals surface area contributed by atoms with Crippen LogP contribution in [0.25, 0.3) is 0 Å². The minimum atomic E-state index is -0.290. The quantitative estimate of drug-likeness (QED) is 0.501. The summed E-state index contributed by atoms with van der Waals surface area (Å²) < 4.78 is 19.8. The van der Waals surface area contributed by atoms with Crippen molar-refractivity contribution >= 4 is 45.7 Å². The highest BCUT2D eigenvalue weighted by Gasteiger charge is 2.08. The van der Waals surface area contributed by atoms with Crippen molar-refractivity contribution in [3.05, 3.63) is 74.5 Å². The Balaban J connectivity index is 1.71. The highest BCUT2D eigenvalue weighted by Crippen LogP contribution is 2.30. The fourth-order valence-corrected chi connectivity index (χ4v) is 2.81. The zero-order valence-electron chi connectivity index (χ0n) is 13.3. The molecular formula is C18H14ClFIN3O. The van der Waals surface area contributed by atoms with Gasteiger partial charge in [0, 0.05) is 5.69 Å². The monoisotopic (exact) mass is 469 g/mol. The predicted octanol–water partition coefficient (Wildman–Crippen LogP) is 5.50. The largest absolute Gasteiger partial charge is 0.487 e. The standard InChI is InChI=1S/C18H14ClFIN3O/c1-11-17(21)18(23-10-22-11)24-14-5-6-16(15(19)8-14)25-9-12-3-2-4-13(20)7-12/h2-8,10H,9H2,1H3,(H,22,23,24). The summed E-state index contributed by atoms with van der Waals surface area (Å²) >= 11 is 8.48. The van der Waals surface area contributed by atoms with Crippen molar-refractivity contribution in [2.75, 3.05) is 5.32 Å². The van der Waals surface area contributed by atoms with Crippen LogP contribution in [0.4, 0.5) is 15.9 Å². The van der Waals surface area contributed by atoms with E-state index >= 15 is 0 Å². The van der Waals surface area contributed by atoms with Gasteiger partial charge >= 0.3 is 0 Å². The van der Waals surface area contributed by atoms with Crippen LogP contribution < -0.4 is 10.1 Å². The number of nitrogens with zero attached hydrogens (tertiary/aromatic N) is 2. The van der Waals surface area contributed by atoms with Crippen LogP contribution in [0.2, 0.25) is 5.02 Å². The van der Waals surface area contributed by atoms with Crippen molar-refractivity contribution in [3.63, 3.8) is 0 Å². The van der Waals surface area contributed by atoms with Crippen LogP contribution in [0.3, 0.4) is 0 Å². The maximum atomic E-state index is 13.2. The van der Waals surface area contributed by atoms with E-state index in [-0.39, 0.29) is 12.4 Å². The van der Waals surface area contributed by atoms with Crippen LogP contribution in [-0.4, -0.2) is 9.97 Å². The van der Waals surface area contributed by atoms with Crippen LogP contribution in [0.1, 0.15) is 11.3 Å². The van der Waals surface area contributed by atoms with Crippen LogP contribution in [0.15, 0.2) is 48.8 Å². The number of anilines is 2. The molecule has 4 nitrogen and oxygen atoms in total. The number of rotatable bonds is 5. The van der Waals surface area contributed by atoms with Gasteiger partial charge in [-0.15, -0.1) is 0 Å². The Morgan fingerprint density at radius 2 is 2.04 bits per heavy atom. The number of ether oxygens (including phenoxy) is 1. The predicted molar refractivity (Wildman–Crippen MR) is 105 cm³/mol. The molecule has 7 heteroatoms. The minimum absolute atomic E-state index is 0.243. The molecule has 3 rings (SSSR count). The molecule has 0 unspecified atom stereocenters. The summed E-state index contributed by atoms with van der Waals surface area (Å²) in [4.78, 5) is 8.37. The molecule has 0 aliphatic heterocycles. The Hall–Kier alpha value is -1.93. The Morgan fingerprint density at radius 3 is 2.80 bits per heavy atom. The van der Waals surface area contributed by atoms with Crippen molar-refractivity contribution in [1.82, 2.24) is 9.97 Å². The van der Waals surface area contributed by atoms with Gasteiger partial charge in [-0.1, -0.05) is 23.7 Å². The summed E-state index contributed by atoms with van der Waals surface area (Å²) in [6, 6.07) is 11.7. The minimum Gasteiger partial charge on any atom is -0.487 e. The lowest BCUT2D eigenvalue weighted by molar-refractivity contribution is 0.306. The summed E-state index contributed by atoms with van der Waals surface area (Å²) in [5, 5.41) is 3.67. The third-order valence-electron chi connectivity index (χ3n) is 3.44. The van der Waals surface area contributed by atoms with E-state index in [2.05, 4.69) is 37.9 Å². The van der Waals surface area contributed by atoms with E-state index in [1.54, 1.807) is 24.3 Å². The van der Waals surface area contributed by atoms with E-state index in [1.165, 1.54) is 18.5 Å². The molecule has 0 aliphatic carbocycles. The van der Waals surface area contributed by atoms with Crippen molar-refractivity contribution < 1.29 is 9.13 Å². The molecule has 1 aromatic heterocycles. The van der Waals surface area contributed by atoms with E-state index < -0.39 is 0 Å². The molecule has 25 heavy (non-hydrogen) atoms. The Morgan fingerprint density at radius 1 is 1.20 bits per heavy atom. The normalized spacial score (nSPS) is 10.6. The molecule has 1 heterocycles. The lowest BCUT2D eigenvalue weighted by Crippen LogP contribution is -2.00. The molecule has 0 atom stereocenters. The van der Waals surface area contributed by atoms with Gasteiger partial charge in [0.1, 0.15) is 30.3 Å². The number of aromatic nitrogens is 2. The lowest BCUT2D eigenvalue weighted by Gasteiger charge is -2.12. The molecule has 3 aromatic rings. The maximum absolute atomic E-state index is 13.2. The first kappa shape index (κ1) is 17.9. The smallest absolute Gasteiger partial charge is 0.147 e. The van der Waals surface area contributed by atoms with Gasteiger partial charge in [-0.3, -0.25) is 0 Å². The van der Waals surface area contributed by atoms with Gasteiger partial charge in [0.2, 0.25) is 0 Å². The van der Waals surface area contributed by atoms with Gasteiger partial charge < -0.3 is 10.1 Å². The van der Waals surface area contributed by atoms with Crippen LogP contribution in [-0.2, 0) is 6.61 Å². The highest BCUT2D eigenvalue weighted by molar-refractivity contribution is 14.1. The molecule has 0 amide bonds. The molecule has 0 saturated carbocycles. The van der Waals surface area contributed by atoms with E-state index in [0.717, 1.165) is 26.3 Å². The fraction of sp³-hybridized carbons (Fsp3) is 0.111. The first-order chi connectivity index (χ1) is 12.0. The van der Waals surface area contributed by atoms with Gasteiger partial charge in [0.25, 0.3) is 0 Å². The molecule has 0 saturated heterocycles. The molecular weight excluding hydrogens is 456 g/mol. The fourth-order valence-electron chi connectivity index (χ4n) is 2.17. The van der Waals surface area contributed by atoms with E-state index in [0.29, 0.717) is 10.8 Å². The van der Waals surface area contributed by atoms with Gasteiger partial charge in [0.05, 0.1) is 14.3 Å². The van der Waals surface area contributed by atoms with Crippen LogP contribution in [0, 0.1) is 16.3 Å². The summed E-state index contributed by atoms with van der Waals surface area (Å²) in [6.45, 7) is 2.16. The average Bonchev–Trinajstić information content (AvgIpc) is 2.58. The highest BCUT2D eigenvalue weighted by atomic mass is 127. The Kier molecular flexibility index (Phi) is 5.70. The average molecular weight is 470 g/mol. The lowest BCUT2D eigenvalue weighted by atomic mass is 10.2. The first-order valence-electron chi connectivity index (χ1n) is 7.44. The molecule has 0 aliphatic rings. The van der Waals surface area contributed by atoms with Gasteiger partial charge in [-0.2, -0.15) is 0 Å². The molecule has 0 spiro atoms. The molecule has 2 aromatic carbocycles. The van der Waals surface area contributed by atoms with Crippen molar-refractivity contribution in [3.8, 4) is 5.75 Å². The van der Waals surface area contributed by atoms with E-state index in [9.17, 15) is 4.39 Å². The third kappa shape index (κ3) is 4.58. The molecule has 0 fully saturated rings.